The van der Waals surface area contributed by atoms with Gasteiger partial charge in [-0.25, -0.2) is 4.98 Å². The molecule has 110 valence electrons. The van der Waals surface area contributed by atoms with Gasteiger partial charge in [0.2, 0.25) is 0 Å². The van der Waals surface area contributed by atoms with E-state index in [9.17, 15) is 4.79 Å². The van der Waals surface area contributed by atoms with Crippen LogP contribution in [-0.4, -0.2) is 47.1 Å². The summed E-state index contributed by atoms with van der Waals surface area (Å²) in [5, 5.41) is 12.1. The first kappa shape index (κ1) is 15.1. The van der Waals surface area contributed by atoms with E-state index in [1.165, 1.54) is 0 Å². The Morgan fingerprint density at radius 3 is 3.10 bits per heavy atom. The maximum Gasteiger partial charge on any atom is 0.254 e. The van der Waals surface area contributed by atoms with Crippen LogP contribution in [0.4, 0.5) is 5.82 Å². The minimum atomic E-state index is -0.00811. The van der Waals surface area contributed by atoms with Crippen LogP contribution in [0.2, 0.25) is 5.15 Å². The Hall–Kier alpha value is -1.33. The standard InChI is InChI=1S/C14H20ClN3O2/c1-16-13-9-10(8-12(15)17-13)14(20)18-6-2-4-11(18)5-3-7-19/h8-9,11,19H,2-7H2,1H3,(H,16,17). The molecular formula is C14H20ClN3O2. The number of hydrogen-bond acceptors (Lipinski definition) is 4. The average molecular weight is 298 g/mol. The molecule has 1 saturated heterocycles. The van der Waals surface area contributed by atoms with Crippen LogP contribution in [0, 0.1) is 0 Å². The highest BCUT2D eigenvalue weighted by molar-refractivity contribution is 6.29. The molecule has 0 saturated carbocycles. The van der Waals surface area contributed by atoms with Crippen LogP contribution in [0.15, 0.2) is 12.1 Å². The van der Waals surface area contributed by atoms with Gasteiger partial charge in [-0.05, 0) is 37.8 Å². The number of anilines is 1. The van der Waals surface area contributed by atoms with Gasteiger partial charge < -0.3 is 15.3 Å². The van der Waals surface area contributed by atoms with Crippen molar-refractivity contribution in [3.8, 4) is 0 Å². The summed E-state index contributed by atoms with van der Waals surface area (Å²) >= 11 is 5.94. The van der Waals surface area contributed by atoms with Crippen LogP contribution in [-0.2, 0) is 0 Å². The maximum absolute atomic E-state index is 12.6. The fourth-order valence-corrected chi connectivity index (χ4v) is 2.85. The summed E-state index contributed by atoms with van der Waals surface area (Å²) in [5.74, 6) is 0.582. The van der Waals surface area contributed by atoms with Crippen molar-refractivity contribution in [2.24, 2.45) is 0 Å². The maximum atomic E-state index is 12.6. The van der Waals surface area contributed by atoms with E-state index in [4.69, 9.17) is 16.7 Å². The number of carbonyl (C=O) groups excluding carboxylic acids is 1. The van der Waals surface area contributed by atoms with Gasteiger partial charge in [-0.3, -0.25) is 4.79 Å². The molecule has 0 radical (unpaired) electrons. The van der Waals surface area contributed by atoms with Gasteiger partial charge in [0.05, 0.1) is 0 Å². The summed E-state index contributed by atoms with van der Waals surface area (Å²) in [6.07, 6.45) is 3.59. The number of aromatic nitrogens is 1. The number of aliphatic hydroxyl groups is 1. The van der Waals surface area contributed by atoms with E-state index < -0.39 is 0 Å². The van der Waals surface area contributed by atoms with Gasteiger partial charge in [0.1, 0.15) is 11.0 Å². The lowest BCUT2D eigenvalue weighted by atomic mass is 10.1. The number of likely N-dealkylation sites (tertiary alicyclic amines) is 1. The monoisotopic (exact) mass is 297 g/mol. The van der Waals surface area contributed by atoms with Crippen molar-refractivity contribution in [3.63, 3.8) is 0 Å². The highest BCUT2D eigenvalue weighted by atomic mass is 35.5. The second-order valence-corrected chi connectivity index (χ2v) is 5.36. The highest BCUT2D eigenvalue weighted by Gasteiger charge is 2.29. The third-order valence-electron chi connectivity index (χ3n) is 3.63. The Kier molecular flexibility index (Phi) is 5.20. The van der Waals surface area contributed by atoms with Crippen molar-refractivity contribution < 1.29 is 9.90 Å². The zero-order valence-electron chi connectivity index (χ0n) is 11.6. The summed E-state index contributed by atoms with van der Waals surface area (Å²) < 4.78 is 0. The normalized spacial score (nSPS) is 18.4. The number of aliphatic hydroxyl groups excluding tert-OH is 1. The second-order valence-electron chi connectivity index (χ2n) is 4.97. The summed E-state index contributed by atoms with van der Waals surface area (Å²) in [6.45, 7) is 0.938. The van der Waals surface area contributed by atoms with Crippen molar-refractivity contribution in [1.82, 2.24) is 9.88 Å². The topological polar surface area (TPSA) is 65.5 Å². The van der Waals surface area contributed by atoms with Crippen molar-refractivity contribution >= 4 is 23.3 Å². The molecule has 0 aliphatic carbocycles. The van der Waals surface area contributed by atoms with E-state index in [1.807, 2.05) is 4.90 Å². The van der Waals surface area contributed by atoms with Crippen LogP contribution in [0.5, 0.6) is 0 Å². The van der Waals surface area contributed by atoms with Crippen LogP contribution < -0.4 is 5.32 Å². The zero-order valence-corrected chi connectivity index (χ0v) is 12.4. The fraction of sp³-hybridized carbons (Fsp3) is 0.571. The number of rotatable bonds is 5. The predicted molar refractivity (Wildman–Crippen MR) is 79.2 cm³/mol. The van der Waals surface area contributed by atoms with Crippen molar-refractivity contribution in [2.75, 3.05) is 25.5 Å². The first-order valence-electron chi connectivity index (χ1n) is 6.93. The molecule has 1 fully saturated rings. The van der Waals surface area contributed by atoms with E-state index in [0.29, 0.717) is 16.5 Å². The first-order chi connectivity index (χ1) is 9.65. The fourth-order valence-electron chi connectivity index (χ4n) is 2.64. The second kappa shape index (κ2) is 6.90. The quantitative estimate of drug-likeness (QED) is 0.817. The van der Waals surface area contributed by atoms with E-state index in [2.05, 4.69) is 10.3 Å². The molecule has 0 aromatic carbocycles. The van der Waals surface area contributed by atoms with Gasteiger partial charge in [0.25, 0.3) is 5.91 Å². The molecule has 1 aromatic rings. The number of pyridine rings is 1. The van der Waals surface area contributed by atoms with Crippen molar-refractivity contribution in [3.05, 3.63) is 22.8 Å². The van der Waals surface area contributed by atoms with Gasteiger partial charge >= 0.3 is 0 Å². The Labute approximate surface area is 123 Å². The molecule has 1 amide bonds. The molecule has 2 rings (SSSR count). The molecule has 5 nitrogen and oxygen atoms in total. The van der Waals surface area contributed by atoms with E-state index >= 15 is 0 Å². The first-order valence-corrected chi connectivity index (χ1v) is 7.30. The third kappa shape index (κ3) is 3.41. The third-order valence-corrected chi connectivity index (χ3v) is 3.82. The van der Waals surface area contributed by atoms with Gasteiger partial charge in [0.15, 0.2) is 0 Å². The minimum absolute atomic E-state index is 0.00811. The Balaban J connectivity index is 2.15. The van der Waals surface area contributed by atoms with Crippen molar-refractivity contribution in [1.29, 1.82) is 0 Å². The number of amides is 1. The van der Waals surface area contributed by atoms with Gasteiger partial charge in [-0.15, -0.1) is 0 Å². The molecule has 0 spiro atoms. The van der Waals surface area contributed by atoms with Crippen LogP contribution in [0.1, 0.15) is 36.0 Å². The van der Waals surface area contributed by atoms with Crippen LogP contribution >= 0.6 is 11.6 Å². The molecule has 2 heterocycles. The molecule has 6 heteroatoms. The Bertz CT molecular complexity index is 481. The van der Waals surface area contributed by atoms with Gasteiger partial charge in [-0.1, -0.05) is 11.6 Å². The predicted octanol–water partition coefficient (Wildman–Crippen LogP) is 2.15. The van der Waals surface area contributed by atoms with E-state index in [-0.39, 0.29) is 18.6 Å². The molecule has 20 heavy (non-hydrogen) atoms. The van der Waals surface area contributed by atoms with Gasteiger partial charge in [0, 0.05) is 31.8 Å². The lowest BCUT2D eigenvalue weighted by Crippen LogP contribution is -2.35. The van der Waals surface area contributed by atoms with E-state index in [0.717, 1.165) is 32.2 Å². The Morgan fingerprint density at radius 2 is 2.40 bits per heavy atom. The summed E-state index contributed by atoms with van der Waals surface area (Å²) in [7, 11) is 1.74. The molecule has 1 aliphatic heterocycles. The highest BCUT2D eigenvalue weighted by Crippen LogP contribution is 2.25. The summed E-state index contributed by atoms with van der Waals surface area (Å²) in [6, 6.07) is 3.54. The summed E-state index contributed by atoms with van der Waals surface area (Å²) in [4.78, 5) is 18.6. The molecule has 1 unspecified atom stereocenters. The minimum Gasteiger partial charge on any atom is -0.396 e. The molecule has 1 atom stereocenters. The molecule has 1 aromatic heterocycles. The van der Waals surface area contributed by atoms with Gasteiger partial charge in [-0.2, -0.15) is 0 Å². The van der Waals surface area contributed by atoms with Crippen molar-refractivity contribution in [2.45, 2.75) is 31.7 Å². The number of hydrogen-bond donors (Lipinski definition) is 2. The Morgan fingerprint density at radius 1 is 1.60 bits per heavy atom. The molecular weight excluding hydrogens is 278 g/mol. The molecule has 2 N–H and O–H groups in total. The molecule has 1 aliphatic rings. The van der Waals surface area contributed by atoms with E-state index in [1.54, 1.807) is 19.2 Å². The average Bonchev–Trinajstić information content (AvgIpc) is 2.91. The smallest absolute Gasteiger partial charge is 0.254 e. The number of carbonyl (C=O) groups is 1. The zero-order chi connectivity index (χ0) is 14.5. The number of halogens is 1. The lowest BCUT2D eigenvalue weighted by molar-refractivity contribution is 0.0724. The molecule has 0 bridgehead atoms. The lowest BCUT2D eigenvalue weighted by Gasteiger charge is -2.24. The largest absolute Gasteiger partial charge is 0.396 e. The van der Waals surface area contributed by atoms with Crippen LogP contribution in [0.25, 0.3) is 0 Å². The SMILES string of the molecule is CNc1cc(C(=O)N2CCCC2CCCO)cc(Cl)n1. The number of nitrogens with zero attached hydrogens (tertiary/aromatic N) is 2. The van der Waals surface area contributed by atoms with Crippen LogP contribution in [0.3, 0.4) is 0 Å². The number of nitrogens with one attached hydrogen (secondary N) is 1. The summed E-state index contributed by atoms with van der Waals surface area (Å²) in [5.41, 5.74) is 0.560.